The topological polar surface area (TPSA) is 0 Å². The molecule has 434 valence electrons. The fourth-order valence-electron chi connectivity index (χ4n) is 13.8. The van der Waals surface area contributed by atoms with Crippen molar-refractivity contribution in [2.24, 2.45) is 0 Å². The predicted molar refractivity (Wildman–Crippen MR) is 375 cm³/mol. The van der Waals surface area contributed by atoms with Gasteiger partial charge in [0.2, 0.25) is 0 Å². The molecule has 2 aliphatic rings. The molecule has 0 aromatic heterocycles. The van der Waals surface area contributed by atoms with E-state index in [-0.39, 0.29) is 37.9 Å². The lowest BCUT2D eigenvalue weighted by Crippen LogP contribution is -2.17. The van der Waals surface area contributed by atoms with E-state index in [2.05, 4.69) is 305 Å². The van der Waals surface area contributed by atoms with E-state index in [1.807, 2.05) is 0 Å². The molecule has 0 spiro atoms. The molecule has 0 fully saturated rings. The van der Waals surface area contributed by atoms with Crippen molar-refractivity contribution < 1.29 is 0 Å². The van der Waals surface area contributed by atoms with Gasteiger partial charge in [0.25, 0.3) is 0 Å². The first-order chi connectivity index (χ1) is 39.4. The maximum absolute atomic E-state index is 2.55. The summed E-state index contributed by atoms with van der Waals surface area (Å²) in [6.45, 7) is 54.6. The molecule has 0 unspecified atom stereocenters. The largest absolute Gasteiger partial charge is 0.0616 e. The fraction of sp³-hybridized carbons (Fsp3) is 0.365. The standard InChI is InChI=1S/C85H94/c1-48(2)51-34-52(36-56(35-51)79(3,4)5)63-28-29-64(53-37-57(80(6,7)8)45-58(38-53)81(9,10)11)74-66-31-33-68-76-67(32-30-65(73(63)74)75(66)76)77-71(54-39-59(82(12,13)14)46-60(40-54)83(15,16)17)69-43-49-26-24-25-27-50(49)44-70(69)72(78(68)77)55-41-61(84(18,19)20)47-62(42-55)85(21,22)23/h24-48H,1-23H3. The van der Waals surface area contributed by atoms with E-state index in [0.717, 1.165) is 0 Å². The first-order valence-corrected chi connectivity index (χ1v) is 31.8. The van der Waals surface area contributed by atoms with E-state index in [9.17, 15) is 0 Å². The highest BCUT2D eigenvalue weighted by Crippen LogP contribution is 2.64. The van der Waals surface area contributed by atoms with Crippen molar-refractivity contribution in [3.63, 3.8) is 0 Å². The van der Waals surface area contributed by atoms with Crippen molar-refractivity contribution in [3.05, 3.63) is 190 Å². The minimum absolute atomic E-state index is 0.0261. The Labute approximate surface area is 511 Å². The van der Waals surface area contributed by atoms with Crippen LogP contribution in [0.4, 0.5) is 0 Å². The highest BCUT2D eigenvalue weighted by atomic mass is 14.4. The molecule has 0 heterocycles. The predicted octanol–water partition coefficient (Wildman–Crippen LogP) is 25.3. The van der Waals surface area contributed by atoms with Gasteiger partial charge >= 0.3 is 0 Å². The van der Waals surface area contributed by atoms with Gasteiger partial charge in [-0.2, -0.15) is 0 Å². The minimum Gasteiger partial charge on any atom is -0.0616 e. The van der Waals surface area contributed by atoms with Gasteiger partial charge in [0.05, 0.1) is 0 Å². The van der Waals surface area contributed by atoms with Crippen LogP contribution in [0.15, 0.2) is 146 Å². The first kappa shape index (κ1) is 58.4. The molecule has 85 heavy (non-hydrogen) atoms. The zero-order chi connectivity index (χ0) is 61.4. The molecular formula is C85H94. The van der Waals surface area contributed by atoms with Gasteiger partial charge in [-0.3, -0.25) is 0 Å². The Hall–Kier alpha value is -7.02. The Morgan fingerprint density at radius 3 is 0.788 bits per heavy atom. The quantitative estimate of drug-likeness (QED) is 0.151. The average molecular weight is 1120 g/mol. The van der Waals surface area contributed by atoms with Crippen LogP contribution in [0.2, 0.25) is 0 Å². The molecule has 0 heteroatoms. The van der Waals surface area contributed by atoms with Crippen LogP contribution in [-0.4, -0.2) is 0 Å². The van der Waals surface area contributed by atoms with Crippen molar-refractivity contribution in [2.45, 2.75) is 203 Å². The Balaban J connectivity index is 1.29. The van der Waals surface area contributed by atoms with E-state index in [0.29, 0.717) is 5.92 Å². The van der Waals surface area contributed by atoms with Crippen LogP contribution in [0.25, 0.3) is 121 Å². The van der Waals surface area contributed by atoms with E-state index in [1.54, 1.807) is 0 Å². The summed E-state index contributed by atoms with van der Waals surface area (Å²) in [5.41, 5.74) is 31.7. The highest BCUT2D eigenvalue weighted by Gasteiger charge is 2.38. The van der Waals surface area contributed by atoms with E-state index >= 15 is 0 Å². The van der Waals surface area contributed by atoms with Gasteiger partial charge in [0, 0.05) is 0 Å². The van der Waals surface area contributed by atoms with E-state index in [4.69, 9.17) is 0 Å². The molecule has 0 radical (unpaired) electrons. The van der Waals surface area contributed by atoms with Crippen LogP contribution in [0.3, 0.4) is 0 Å². The van der Waals surface area contributed by atoms with Gasteiger partial charge in [0.15, 0.2) is 0 Å². The Morgan fingerprint density at radius 1 is 0.235 bits per heavy atom. The van der Waals surface area contributed by atoms with Gasteiger partial charge in [-0.05, 0) is 222 Å². The Morgan fingerprint density at radius 2 is 0.494 bits per heavy atom. The second-order valence-electron chi connectivity index (χ2n) is 33.4. The summed E-state index contributed by atoms with van der Waals surface area (Å²) >= 11 is 0. The van der Waals surface area contributed by atoms with Gasteiger partial charge < -0.3 is 0 Å². The van der Waals surface area contributed by atoms with Crippen LogP contribution >= 0.6 is 0 Å². The van der Waals surface area contributed by atoms with Crippen LogP contribution in [0.1, 0.15) is 210 Å². The molecule has 0 N–H and O–H groups in total. The second kappa shape index (κ2) is 19.2. The molecular weight excluding hydrogens is 1020 g/mol. The lowest BCUT2D eigenvalue weighted by atomic mass is 9.75. The first-order valence-electron chi connectivity index (χ1n) is 31.8. The minimum atomic E-state index is -0.0759. The number of hydrogen-bond acceptors (Lipinski definition) is 0. The summed E-state index contributed by atoms with van der Waals surface area (Å²) in [4.78, 5) is 0. The van der Waals surface area contributed by atoms with Crippen LogP contribution in [-0.2, 0) is 37.9 Å². The van der Waals surface area contributed by atoms with Crippen molar-refractivity contribution in [3.8, 4) is 89.0 Å². The van der Waals surface area contributed by atoms with Crippen LogP contribution < -0.4 is 0 Å². The maximum atomic E-state index is 2.55. The number of rotatable bonds is 5. The van der Waals surface area contributed by atoms with Gasteiger partial charge in [-0.25, -0.2) is 0 Å². The summed E-state index contributed by atoms with van der Waals surface area (Å²) in [6.07, 6.45) is 0. The molecule has 0 nitrogen and oxygen atoms in total. The molecule has 0 aliphatic heterocycles. The lowest BCUT2D eigenvalue weighted by molar-refractivity contribution is 0.568. The van der Waals surface area contributed by atoms with Crippen molar-refractivity contribution in [1.82, 2.24) is 0 Å². The van der Waals surface area contributed by atoms with Crippen molar-refractivity contribution >= 4 is 32.3 Å². The summed E-state index contributed by atoms with van der Waals surface area (Å²) in [5, 5.41) is 7.87. The van der Waals surface area contributed by atoms with Crippen molar-refractivity contribution in [1.29, 1.82) is 0 Å². The third-order valence-corrected chi connectivity index (χ3v) is 19.3. The maximum Gasteiger partial charge on any atom is -0.000740 e. The molecule has 0 saturated carbocycles. The van der Waals surface area contributed by atoms with Gasteiger partial charge in [-0.1, -0.05) is 293 Å². The average Bonchev–Trinajstić information content (AvgIpc) is 1.54. The zero-order valence-corrected chi connectivity index (χ0v) is 55.9. The third-order valence-electron chi connectivity index (χ3n) is 19.3. The number of fused-ring (bicyclic) bond motifs is 8. The van der Waals surface area contributed by atoms with Crippen LogP contribution in [0, 0.1) is 0 Å². The summed E-state index contributed by atoms with van der Waals surface area (Å²) < 4.78 is 0. The zero-order valence-electron chi connectivity index (χ0n) is 55.9. The monoisotopic (exact) mass is 1110 g/mol. The SMILES string of the molecule is CC(C)c1cc(-c2ccc(-c3cc(C(C)(C)C)cc(C(C)(C)C)c3)c3c2-c2ccc4c5c(ccc-3c25)-c2c-4c(-c3cc(C(C)(C)C)cc(C(C)(C)C)c3)c3cc4ccccc4cc3c2-c2cc(C(C)(C)C)cc(C(C)(C)C)c2)cc(C(C)(C)C)c1. The molecule has 12 rings (SSSR count). The number of benzene rings is 10. The Bertz CT molecular complexity index is 4190. The normalized spacial score (nSPS) is 13.7. The third kappa shape index (κ3) is 9.91. The Kier molecular flexibility index (Phi) is 13.2. The van der Waals surface area contributed by atoms with E-state index < -0.39 is 0 Å². The molecule has 10 aromatic carbocycles. The molecule has 0 saturated heterocycles. The van der Waals surface area contributed by atoms with Crippen molar-refractivity contribution in [2.75, 3.05) is 0 Å². The molecule has 10 aromatic rings. The fourth-order valence-corrected chi connectivity index (χ4v) is 13.8. The smallest absolute Gasteiger partial charge is 0.000740 e. The summed E-state index contributed by atoms with van der Waals surface area (Å²) in [7, 11) is 0. The highest BCUT2D eigenvalue weighted by molar-refractivity contribution is 6.34. The lowest BCUT2D eigenvalue weighted by Gasteiger charge is -2.29. The molecule has 2 aliphatic carbocycles. The summed E-state index contributed by atoms with van der Waals surface area (Å²) in [5.74, 6) is 0.381. The second-order valence-corrected chi connectivity index (χ2v) is 33.4. The van der Waals surface area contributed by atoms with Gasteiger partial charge in [0.1, 0.15) is 0 Å². The van der Waals surface area contributed by atoms with Gasteiger partial charge in [-0.15, -0.1) is 0 Å². The summed E-state index contributed by atoms with van der Waals surface area (Å²) in [6, 6.07) is 59.5. The molecule has 0 amide bonds. The molecule has 0 atom stereocenters. The number of hydrogen-bond donors (Lipinski definition) is 0. The van der Waals surface area contributed by atoms with E-state index in [1.165, 1.54) is 166 Å². The molecule has 0 bridgehead atoms. The van der Waals surface area contributed by atoms with Crippen LogP contribution in [0.5, 0.6) is 0 Å².